The average Bonchev–Trinajstić information content (AvgIpc) is 3.23. The predicted octanol–water partition coefficient (Wildman–Crippen LogP) is 2.73. The molecule has 1 aromatic carbocycles. The molecule has 1 amide bonds. The number of aromatic nitrogens is 2. The third kappa shape index (κ3) is 2.63. The number of H-pyrrole nitrogens is 1. The summed E-state index contributed by atoms with van der Waals surface area (Å²) in [5, 5.41) is 7.69. The largest absolute Gasteiger partial charge is 0.376 e. The highest BCUT2D eigenvalue weighted by atomic mass is 16.5. The zero-order valence-electron chi connectivity index (χ0n) is 14.3. The molecule has 2 aliphatic heterocycles. The normalized spacial score (nSPS) is 20.2. The third-order valence-corrected chi connectivity index (χ3v) is 5.34. The third-order valence-electron chi connectivity index (χ3n) is 5.34. The molecule has 4 rings (SSSR count). The Hall–Kier alpha value is -2.14. The summed E-state index contributed by atoms with van der Waals surface area (Å²) < 4.78 is 5.58. The Labute approximate surface area is 142 Å². The SMILES string of the molecule is Cc1ccc(C(=O)N2CCC(c3n[nH]c4c3COCC4)C2)cc1C. The first-order valence-corrected chi connectivity index (χ1v) is 8.64. The summed E-state index contributed by atoms with van der Waals surface area (Å²) >= 11 is 0. The van der Waals surface area contributed by atoms with Gasteiger partial charge in [0.25, 0.3) is 5.91 Å². The molecule has 1 N–H and O–H groups in total. The number of benzene rings is 1. The van der Waals surface area contributed by atoms with E-state index in [1.165, 1.54) is 16.8 Å². The predicted molar refractivity (Wildman–Crippen MR) is 91.1 cm³/mol. The molecule has 2 aromatic rings. The number of fused-ring (bicyclic) bond motifs is 1. The van der Waals surface area contributed by atoms with E-state index in [2.05, 4.69) is 24.0 Å². The zero-order valence-corrected chi connectivity index (χ0v) is 14.3. The van der Waals surface area contributed by atoms with Gasteiger partial charge in [0.15, 0.2) is 0 Å². The summed E-state index contributed by atoms with van der Waals surface area (Å²) in [5.74, 6) is 0.434. The van der Waals surface area contributed by atoms with Crippen LogP contribution in [0, 0.1) is 13.8 Å². The smallest absolute Gasteiger partial charge is 0.253 e. The van der Waals surface area contributed by atoms with E-state index in [1.807, 2.05) is 23.1 Å². The number of hydrogen-bond acceptors (Lipinski definition) is 3. The first kappa shape index (κ1) is 15.4. The van der Waals surface area contributed by atoms with Crippen LogP contribution < -0.4 is 0 Å². The Kier molecular flexibility index (Phi) is 3.88. The number of likely N-dealkylation sites (tertiary alicyclic amines) is 1. The van der Waals surface area contributed by atoms with Crippen molar-refractivity contribution in [2.24, 2.45) is 0 Å². The summed E-state index contributed by atoms with van der Waals surface area (Å²) in [4.78, 5) is 14.7. The molecule has 0 radical (unpaired) electrons. The van der Waals surface area contributed by atoms with Gasteiger partial charge in [-0.1, -0.05) is 6.07 Å². The van der Waals surface area contributed by atoms with Crippen LogP contribution in [-0.4, -0.2) is 40.7 Å². The van der Waals surface area contributed by atoms with Crippen LogP contribution in [0.15, 0.2) is 18.2 Å². The van der Waals surface area contributed by atoms with Crippen molar-refractivity contribution in [1.29, 1.82) is 0 Å². The second-order valence-corrected chi connectivity index (χ2v) is 6.90. The van der Waals surface area contributed by atoms with Gasteiger partial charge < -0.3 is 9.64 Å². The van der Waals surface area contributed by atoms with Crippen molar-refractivity contribution in [3.05, 3.63) is 51.8 Å². The van der Waals surface area contributed by atoms with E-state index in [-0.39, 0.29) is 5.91 Å². The lowest BCUT2D eigenvalue weighted by Gasteiger charge is -2.18. The number of carbonyl (C=O) groups excluding carboxylic acids is 1. The number of aromatic amines is 1. The molecule has 2 aliphatic rings. The lowest BCUT2D eigenvalue weighted by atomic mass is 9.98. The van der Waals surface area contributed by atoms with Crippen molar-refractivity contribution in [3.8, 4) is 0 Å². The molecule has 1 saturated heterocycles. The average molecular weight is 325 g/mol. The van der Waals surface area contributed by atoms with Gasteiger partial charge in [-0.25, -0.2) is 0 Å². The van der Waals surface area contributed by atoms with Crippen LogP contribution in [0.5, 0.6) is 0 Å². The van der Waals surface area contributed by atoms with E-state index in [0.717, 1.165) is 49.4 Å². The molecule has 24 heavy (non-hydrogen) atoms. The minimum absolute atomic E-state index is 0.126. The minimum atomic E-state index is 0.126. The Morgan fingerprint density at radius 3 is 3.04 bits per heavy atom. The maximum Gasteiger partial charge on any atom is 0.253 e. The highest BCUT2D eigenvalue weighted by molar-refractivity contribution is 5.94. The molecule has 0 aliphatic carbocycles. The van der Waals surface area contributed by atoms with Crippen LogP contribution in [0.2, 0.25) is 0 Å². The van der Waals surface area contributed by atoms with Gasteiger partial charge in [0, 0.05) is 42.2 Å². The van der Waals surface area contributed by atoms with Gasteiger partial charge in [-0.2, -0.15) is 5.10 Å². The standard InChI is InChI=1S/C19H23N3O2/c1-12-3-4-14(9-13(12)2)19(23)22-7-5-15(10-22)18-16-11-24-8-6-17(16)20-21-18/h3-4,9,15H,5-8,10-11H2,1-2H3,(H,20,21). The van der Waals surface area contributed by atoms with Crippen LogP contribution in [-0.2, 0) is 17.8 Å². The van der Waals surface area contributed by atoms with Crippen molar-refractivity contribution in [2.45, 2.75) is 39.2 Å². The monoisotopic (exact) mass is 325 g/mol. The second kappa shape index (κ2) is 6.06. The number of hydrogen-bond donors (Lipinski definition) is 1. The Morgan fingerprint density at radius 1 is 1.33 bits per heavy atom. The van der Waals surface area contributed by atoms with E-state index in [9.17, 15) is 4.79 Å². The molecule has 3 heterocycles. The zero-order chi connectivity index (χ0) is 16.7. The Morgan fingerprint density at radius 2 is 2.21 bits per heavy atom. The van der Waals surface area contributed by atoms with Gasteiger partial charge in [-0.05, 0) is 43.5 Å². The Bertz CT molecular complexity index is 781. The number of ether oxygens (including phenoxy) is 1. The van der Waals surface area contributed by atoms with E-state index in [0.29, 0.717) is 12.5 Å². The van der Waals surface area contributed by atoms with Crippen LogP contribution in [0.3, 0.4) is 0 Å². The Balaban J connectivity index is 1.51. The summed E-state index contributed by atoms with van der Waals surface area (Å²) in [6.07, 6.45) is 1.87. The molecule has 5 heteroatoms. The fourth-order valence-corrected chi connectivity index (χ4v) is 3.70. The molecule has 5 nitrogen and oxygen atoms in total. The first-order chi connectivity index (χ1) is 11.6. The van der Waals surface area contributed by atoms with Gasteiger partial charge in [-0.15, -0.1) is 0 Å². The fraction of sp³-hybridized carbons (Fsp3) is 0.474. The minimum Gasteiger partial charge on any atom is -0.376 e. The summed E-state index contributed by atoms with van der Waals surface area (Å²) in [6, 6.07) is 5.95. The maximum absolute atomic E-state index is 12.8. The molecule has 0 saturated carbocycles. The summed E-state index contributed by atoms with van der Waals surface area (Å²) in [6.45, 7) is 7.05. The van der Waals surface area contributed by atoms with Gasteiger partial charge >= 0.3 is 0 Å². The molecular weight excluding hydrogens is 302 g/mol. The van der Waals surface area contributed by atoms with E-state index < -0.39 is 0 Å². The molecule has 0 spiro atoms. The molecule has 1 atom stereocenters. The lowest BCUT2D eigenvalue weighted by Crippen LogP contribution is -2.28. The number of rotatable bonds is 2. The van der Waals surface area contributed by atoms with E-state index in [4.69, 9.17) is 4.74 Å². The molecule has 1 unspecified atom stereocenters. The van der Waals surface area contributed by atoms with Crippen molar-refractivity contribution in [1.82, 2.24) is 15.1 Å². The van der Waals surface area contributed by atoms with Gasteiger partial charge in [0.2, 0.25) is 0 Å². The highest BCUT2D eigenvalue weighted by Crippen LogP contribution is 2.32. The van der Waals surface area contributed by atoms with Crippen LogP contribution in [0.1, 0.15) is 50.8 Å². The number of amides is 1. The number of aryl methyl sites for hydroxylation is 2. The number of carbonyl (C=O) groups is 1. The number of nitrogens with zero attached hydrogens (tertiary/aromatic N) is 2. The van der Waals surface area contributed by atoms with Gasteiger partial charge in [-0.3, -0.25) is 9.89 Å². The van der Waals surface area contributed by atoms with Crippen molar-refractivity contribution in [2.75, 3.05) is 19.7 Å². The number of nitrogens with one attached hydrogen (secondary N) is 1. The molecule has 1 aromatic heterocycles. The lowest BCUT2D eigenvalue weighted by molar-refractivity contribution is 0.0790. The van der Waals surface area contributed by atoms with E-state index in [1.54, 1.807) is 0 Å². The first-order valence-electron chi connectivity index (χ1n) is 8.64. The molecule has 126 valence electrons. The van der Waals surface area contributed by atoms with Crippen LogP contribution in [0.4, 0.5) is 0 Å². The summed E-state index contributed by atoms with van der Waals surface area (Å²) in [5.41, 5.74) is 6.68. The van der Waals surface area contributed by atoms with Gasteiger partial charge in [0.1, 0.15) is 0 Å². The maximum atomic E-state index is 12.8. The van der Waals surface area contributed by atoms with E-state index >= 15 is 0 Å². The molecule has 1 fully saturated rings. The van der Waals surface area contributed by atoms with Crippen molar-refractivity contribution >= 4 is 5.91 Å². The van der Waals surface area contributed by atoms with Crippen LogP contribution >= 0.6 is 0 Å². The van der Waals surface area contributed by atoms with Crippen LogP contribution in [0.25, 0.3) is 0 Å². The van der Waals surface area contributed by atoms with Crippen molar-refractivity contribution in [3.63, 3.8) is 0 Å². The van der Waals surface area contributed by atoms with Gasteiger partial charge in [0.05, 0.1) is 18.9 Å². The topological polar surface area (TPSA) is 58.2 Å². The molecule has 0 bridgehead atoms. The molecular formula is C19H23N3O2. The fourth-order valence-electron chi connectivity index (χ4n) is 3.70. The quantitative estimate of drug-likeness (QED) is 0.923. The summed E-state index contributed by atoms with van der Waals surface area (Å²) in [7, 11) is 0. The second-order valence-electron chi connectivity index (χ2n) is 6.90. The van der Waals surface area contributed by atoms with Crippen molar-refractivity contribution < 1.29 is 9.53 Å². The highest BCUT2D eigenvalue weighted by Gasteiger charge is 2.32.